The Labute approximate surface area is 148 Å². The second-order valence-electron chi connectivity index (χ2n) is 7.55. The maximum Gasteiger partial charge on any atom is 0.344 e. The van der Waals surface area contributed by atoms with Crippen LogP contribution in [0.4, 0.5) is 0 Å². The fourth-order valence-electron chi connectivity index (χ4n) is 3.65. The molecule has 0 rings (SSSR count). The summed E-state index contributed by atoms with van der Waals surface area (Å²) in [7, 11) is -2.19. The third-order valence-electron chi connectivity index (χ3n) is 5.55. The molecule has 0 heterocycles. The van der Waals surface area contributed by atoms with Gasteiger partial charge in [-0.05, 0) is 25.8 Å². The summed E-state index contributed by atoms with van der Waals surface area (Å²) in [5.41, 5.74) is 0. The van der Waals surface area contributed by atoms with Crippen molar-refractivity contribution in [3.8, 4) is 0 Å². The molecule has 0 N–H and O–H groups in total. The first kappa shape index (κ1) is 23.1. The molecule has 0 aromatic heterocycles. The van der Waals surface area contributed by atoms with E-state index in [4.69, 9.17) is 8.85 Å². The van der Waals surface area contributed by atoms with Crippen molar-refractivity contribution in [3.63, 3.8) is 0 Å². The molecule has 23 heavy (non-hydrogen) atoms. The zero-order valence-corrected chi connectivity index (χ0v) is 18.2. The first-order chi connectivity index (χ1) is 10.9. The van der Waals surface area contributed by atoms with Gasteiger partial charge in [0.2, 0.25) is 0 Å². The van der Waals surface area contributed by atoms with E-state index in [9.17, 15) is 0 Å². The van der Waals surface area contributed by atoms with Gasteiger partial charge in [0, 0.05) is 18.3 Å². The standard InChI is InChI=1S/C20H44O2Si/c1-8-12-13-14-15-16-18-23(21-10-3,22-11-4)20(6,7)19(5)17-9-2/h19H,8-18H2,1-7H3. The average molecular weight is 345 g/mol. The van der Waals surface area contributed by atoms with Gasteiger partial charge in [0.1, 0.15) is 0 Å². The molecule has 0 amide bonds. The molecule has 0 fully saturated rings. The SMILES string of the molecule is CCCCCCCC[Si](OCC)(OCC)C(C)(C)C(C)CCC. The molecule has 0 radical (unpaired) electrons. The Kier molecular flexibility index (Phi) is 12.6. The summed E-state index contributed by atoms with van der Waals surface area (Å²) in [6, 6.07) is 1.15. The molecule has 3 heteroatoms. The molecule has 0 saturated carbocycles. The number of rotatable bonds is 15. The van der Waals surface area contributed by atoms with Crippen LogP contribution in [0.1, 0.15) is 99.8 Å². The fourth-order valence-corrected chi connectivity index (χ4v) is 7.96. The highest BCUT2D eigenvalue weighted by molar-refractivity contribution is 6.70. The van der Waals surface area contributed by atoms with Gasteiger partial charge in [-0.2, -0.15) is 0 Å². The minimum absolute atomic E-state index is 0.165. The lowest BCUT2D eigenvalue weighted by Gasteiger charge is -2.46. The van der Waals surface area contributed by atoms with Crippen molar-refractivity contribution in [2.75, 3.05) is 13.2 Å². The van der Waals surface area contributed by atoms with Crippen molar-refractivity contribution < 1.29 is 8.85 Å². The van der Waals surface area contributed by atoms with Crippen LogP contribution in [-0.2, 0) is 8.85 Å². The minimum atomic E-state index is -2.19. The van der Waals surface area contributed by atoms with Gasteiger partial charge < -0.3 is 8.85 Å². The Morgan fingerprint density at radius 2 is 1.30 bits per heavy atom. The van der Waals surface area contributed by atoms with E-state index in [2.05, 4.69) is 48.5 Å². The van der Waals surface area contributed by atoms with Crippen LogP contribution >= 0.6 is 0 Å². The smallest absolute Gasteiger partial charge is 0.344 e. The lowest BCUT2D eigenvalue weighted by molar-refractivity contribution is 0.139. The number of hydrogen-bond acceptors (Lipinski definition) is 2. The maximum atomic E-state index is 6.45. The topological polar surface area (TPSA) is 18.5 Å². The lowest BCUT2D eigenvalue weighted by atomic mass is 9.92. The Morgan fingerprint density at radius 1 is 0.783 bits per heavy atom. The van der Waals surface area contributed by atoms with Gasteiger partial charge in [0.05, 0.1) is 0 Å². The third-order valence-corrected chi connectivity index (χ3v) is 10.5. The van der Waals surface area contributed by atoms with Gasteiger partial charge in [-0.15, -0.1) is 0 Å². The van der Waals surface area contributed by atoms with E-state index in [1.54, 1.807) is 0 Å². The molecule has 0 aliphatic carbocycles. The first-order valence-electron chi connectivity index (χ1n) is 10.2. The Hall–Kier alpha value is 0.137. The molecule has 0 aromatic rings. The highest BCUT2D eigenvalue weighted by Crippen LogP contribution is 2.49. The number of unbranched alkanes of at least 4 members (excludes halogenated alkanes) is 5. The fraction of sp³-hybridized carbons (Fsp3) is 1.00. The van der Waals surface area contributed by atoms with Crippen LogP contribution in [0.5, 0.6) is 0 Å². The van der Waals surface area contributed by atoms with Crippen LogP contribution in [0, 0.1) is 5.92 Å². The van der Waals surface area contributed by atoms with Crippen LogP contribution in [0.25, 0.3) is 0 Å². The van der Waals surface area contributed by atoms with Crippen molar-refractivity contribution >= 4 is 8.56 Å². The van der Waals surface area contributed by atoms with Gasteiger partial charge >= 0.3 is 8.56 Å². The van der Waals surface area contributed by atoms with Crippen LogP contribution in [0.2, 0.25) is 11.1 Å². The molecule has 140 valence electrons. The highest BCUT2D eigenvalue weighted by Gasteiger charge is 2.53. The van der Waals surface area contributed by atoms with Crippen molar-refractivity contribution in [2.24, 2.45) is 5.92 Å². The number of hydrogen-bond donors (Lipinski definition) is 0. The van der Waals surface area contributed by atoms with Gasteiger partial charge in [-0.1, -0.05) is 86.0 Å². The Bertz CT molecular complexity index is 273. The van der Waals surface area contributed by atoms with Crippen LogP contribution in [-0.4, -0.2) is 21.8 Å². The average Bonchev–Trinajstić information content (AvgIpc) is 2.51. The molecule has 0 bridgehead atoms. The largest absolute Gasteiger partial charge is 0.394 e. The van der Waals surface area contributed by atoms with E-state index in [1.165, 1.54) is 51.4 Å². The third kappa shape index (κ3) is 7.27. The molecular formula is C20H44O2Si. The van der Waals surface area contributed by atoms with Crippen LogP contribution in [0.15, 0.2) is 0 Å². The summed E-state index contributed by atoms with van der Waals surface area (Å²) >= 11 is 0. The molecule has 0 aliphatic rings. The zero-order chi connectivity index (χ0) is 17.8. The van der Waals surface area contributed by atoms with Crippen molar-refractivity contribution in [2.45, 2.75) is 111 Å². The molecular weight excluding hydrogens is 300 g/mol. The summed E-state index contributed by atoms with van der Waals surface area (Å²) in [6.07, 6.45) is 10.5. The van der Waals surface area contributed by atoms with Gasteiger partial charge in [0.15, 0.2) is 0 Å². The maximum absolute atomic E-state index is 6.45. The van der Waals surface area contributed by atoms with E-state index in [0.29, 0.717) is 5.92 Å². The van der Waals surface area contributed by atoms with E-state index in [1.807, 2.05) is 0 Å². The Morgan fingerprint density at radius 3 is 1.78 bits per heavy atom. The Balaban J connectivity index is 4.92. The molecule has 0 aliphatic heterocycles. The van der Waals surface area contributed by atoms with Crippen molar-refractivity contribution in [1.29, 1.82) is 0 Å². The normalized spacial score (nSPS) is 14.2. The molecule has 2 nitrogen and oxygen atoms in total. The van der Waals surface area contributed by atoms with Gasteiger partial charge in [-0.25, -0.2) is 0 Å². The second kappa shape index (κ2) is 12.5. The lowest BCUT2D eigenvalue weighted by Crippen LogP contribution is -2.54. The molecule has 1 atom stereocenters. The minimum Gasteiger partial charge on any atom is -0.394 e. The summed E-state index contributed by atoms with van der Waals surface area (Å²) < 4.78 is 12.9. The van der Waals surface area contributed by atoms with Crippen molar-refractivity contribution in [3.05, 3.63) is 0 Å². The van der Waals surface area contributed by atoms with Crippen molar-refractivity contribution in [1.82, 2.24) is 0 Å². The van der Waals surface area contributed by atoms with Crippen LogP contribution in [0.3, 0.4) is 0 Å². The summed E-state index contributed by atoms with van der Waals surface area (Å²) in [5.74, 6) is 0.650. The van der Waals surface area contributed by atoms with E-state index >= 15 is 0 Å². The predicted octanol–water partition coefficient (Wildman–Crippen LogP) is 7.08. The van der Waals surface area contributed by atoms with Crippen LogP contribution < -0.4 is 0 Å². The second-order valence-corrected chi connectivity index (χ2v) is 11.4. The quantitative estimate of drug-likeness (QED) is 0.233. The summed E-state index contributed by atoms with van der Waals surface area (Å²) in [5, 5.41) is 0.165. The monoisotopic (exact) mass is 344 g/mol. The van der Waals surface area contributed by atoms with E-state index in [-0.39, 0.29) is 5.04 Å². The summed E-state index contributed by atoms with van der Waals surface area (Å²) in [6.45, 7) is 17.6. The zero-order valence-electron chi connectivity index (χ0n) is 17.2. The molecule has 0 spiro atoms. The molecule has 0 aromatic carbocycles. The molecule has 1 unspecified atom stereocenters. The van der Waals surface area contributed by atoms with Gasteiger partial charge in [-0.3, -0.25) is 0 Å². The predicted molar refractivity (Wildman–Crippen MR) is 105 cm³/mol. The van der Waals surface area contributed by atoms with E-state index < -0.39 is 8.56 Å². The first-order valence-corrected chi connectivity index (χ1v) is 12.2. The van der Waals surface area contributed by atoms with Gasteiger partial charge in [0.25, 0.3) is 0 Å². The summed E-state index contributed by atoms with van der Waals surface area (Å²) in [4.78, 5) is 0. The molecule has 0 saturated heterocycles. The highest BCUT2D eigenvalue weighted by atomic mass is 28.4. The van der Waals surface area contributed by atoms with E-state index in [0.717, 1.165) is 19.3 Å².